The molecule has 0 atom stereocenters. The van der Waals surface area contributed by atoms with Crippen molar-refractivity contribution < 1.29 is 0 Å². The van der Waals surface area contributed by atoms with Gasteiger partial charge in [0.05, 0.1) is 17.1 Å². The fourth-order valence-electron chi connectivity index (χ4n) is 0.804. The Morgan fingerprint density at radius 3 is 1.62 bits per heavy atom. The van der Waals surface area contributed by atoms with Gasteiger partial charge in [-0.15, -0.1) is 22.7 Å². The van der Waals surface area contributed by atoms with Crippen LogP contribution in [0.5, 0.6) is 0 Å². The first-order valence-corrected chi connectivity index (χ1v) is 6.63. The molecule has 0 aliphatic heterocycles. The van der Waals surface area contributed by atoms with E-state index in [0.29, 0.717) is 0 Å². The summed E-state index contributed by atoms with van der Waals surface area (Å²) in [5, 5.41) is 0. The molecular weight excluding hydrogens is 263 g/mol. The third kappa shape index (κ3) is 2.64. The lowest BCUT2D eigenvalue weighted by Crippen LogP contribution is -1.54. The summed E-state index contributed by atoms with van der Waals surface area (Å²) in [6, 6.07) is 7.85. The van der Waals surface area contributed by atoms with Gasteiger partial charge in [-0.25, -0.2) is 0 Å². The Balaban J connectivity index is 2.14. The van der Waals surface area contributed by atoms with Crippen molar-refractivity contribution >= 4 is 57.6 Å². The van der Waals surface area contributed by atoms with Gasteiger partial charge in [0.1, 0.15) is 0 Å². The maximum Gasteiger partial charge on any atom is 0.0940 e. The van der Waals surface area contributed by atoms with Crippen molar-refractivity contribution in [1.29, 1.82) is 0 Å². The molecule has 0 amide bonds. The fraction of sp³-hybridized carbons (Fsp3) is 0. The molecule has 0 saturated heterocycles. The molecular formula is C8H4Cl2S3. The first kappa shape index (κ1) is 9.87. The highest BCUT2D eigenvalue weighted by Gasteiger charge is 2.03. The van der Waals surface area contributed by atoms with E-state index < -0.39 is 0 Å². The highest BCUT2D eigenvalue weighted by Crippen LogP contribution is 2.39. The van der Waals surface area contributed by atoms with E-state index in [9.17, 15) is 0 Å². The van der Waals surface area contributed by atoms with Crippen molar-refractivity contribution in [1.82, 2.24) is 0 Å². The lowest BCUT2D eigenvalue weighted by molar-refractivity contribution is 1.67. The summed E-state index contributed by atoms with van der Waals surface area (Å²) in [6.45, 7) is 0. The number of hydrogen-bond acceptors (Lipinski definition) is 3. The van der Waals surface area contributed by atoms with Crippen molar-refractivity contribution in [3.05, 3.63) is 32.9 Å². The van der Waals surface area contributed by atoms with Crippen LogP contribution in [0.4, 0.5) is 0 Å². The number of thiophene rings is 2. The molecule has 0 nitrogen and oxygen atoms in total. The molecule has 0 aliphatic carbocycles. The van der Waals surface area contributed by atoms with Gasteiger partial charge in [-0.2, -0.15) is 0 Å². The topological polar surface area (TPSA) is 0 Å². The van der Waals surface area contributed by atoms with Gasteiger partial charge in [-0.05, 0) is 24.3 Å². The fourth-order valence-corrected chi connectivity index (χ4v) is 4.67. The predicted molar refractivity (Wildman–Crippen MR) is 62.8 cm³/mol. The van der Waals surface area contributed by atoms with E-state index >= 15 is 0 Å². The summed E-state index contributed by atoms with van der Waals surface area (Å²) in [5.41, 5.74) is 0. The third-order valence-corrected chi connectivity index (χ3v) is 5.02. The highest BCUT2D eigenvalue weighted by atomic mass is 35.5. The van der Waals surface area contributed by atoms with Crippen molar-refractivity contribution in [2.24, 2.45) is 0 Å². The molecule has 2 aromatic rings. The SMILES string of the molecule is Clc1ccc(Sc2ccc(Cl)s2)s1. The summed E-state index contributed by atoms with van der Waals surface area (Å²) in [4.78, 5) is 0. The van der Waals surface area contributed by atoms with Crippen LogP contribution in [0.3, 0.4) is 0 Å². The molecule has 2 heterocycles. The van der Waals surface area contributed by atoms with Crippen molar-refractivity contribution in [3.8, 4) is 0 Å². The standard InChI is InChI=1S/C8H4Cl2S3/c9-5-1-3-7(11-5)13-8-4-2-6(10)12-8/h1-4H. The molecule has 0 bridgehead atoms. The average molecular weight is 267 g/mol. The molecule has 0 unspecified atom stereocenters. The summed E-state index contributed by atoms with van der Waals surface area (Å²) in [6.07, 6.45) is 0. The van der Waals surface area contributed by atoms with Gasteiger partial charge in [0, 0.05) is 0 Å². The van der Waals surface area contributed by atoms with Gasteiger partial charge in [0.2, 0.25) is 0 Å². The Morgan fingerprint density at radius 1 is 0.846 bits per heavy atom. The maximum absolute atomic E-state index is 5.81. The van der Waals surface area contributed by atoms with E-state index in [2.05, 4.69) is 0 Å². The second-order valence-corrected chi connectivity index (χ2v) is 7.25. The Kier molecular flexibility index (Phi) is 3.22. The minimum Gasteiger partial charge on any atom is -0.117 e. The van der Waals surface area contributed by atoms with Gasteiger partial charge >= 0.3 is 0 Å². The van der Waals surface area contributed by atoms with Crippen LogP contribution < -0.4 is 0 Å². The molecule has 68 valence electrons. The minimum absolute atomic E-state index is 0.824. The first-order chi connectivity index (χ1) is 6.24. The van der Waals surface area contributed by atoms with Gasteiger partial charge in [-0.3, -0.25) is 0 Å². The lowest BCUT2D eigenvalue weighted by Gasteiger charge is -1.90. The van der Waals surface area contributed by atoms with Crippen molar-refractivity contribution in [2.45, 2.75) is 8.42 Å². The zero-order chi connectivity index (χ0) is 9.26. The normalized spacial score (nSPS) is 10.6. The van der Waals surface area contributed by atoms with Crippen molar-refractivity contribution in [3.63, 3.8) is 0 Å². The molecule has 0 spiro atoms. The van der Waals surface area contributed by atoms with E-state index in [0.717, 1.165) is 8.67 Å². The predicted octanol–water partition coefficient (Wildman–Crippen LogP) is 5.27. The average Bonchev–Trinajstić information content (AvgIpc) is 2.62. The minimum atomic E-state index is 0.824. The van der Waals surface area contributed by atoms with Crippen LogP contribution in [0.2, 0.25) is 8.67 Å². The molecule has 5 heteroatoms. The second-order valence-electron chi connectivity index (χ2n) is 2.22. The maximum atomic E-state index is 5.81. The first-order valence-electron chi connectivity index (χ1n) is 3.42. The highest BCUT2D eigenvalue weighted by molar-refractivity contribution is 8.03. The lowest BCUT2D eigenvalue weighted by atomic mass is 10.7. The van der Waals surface area contributed by atoms with E-state index in [-0.39, 0.29) is 0 Å². The molecule has 2 aromatic heterocycles. The summed E-state index contributed by atoms with van der Waals surface area (Å²) >= 11 is 16.5. The molecule has 0 fully saturated rings. The molecule has 0 N–H and O–H groups in total. The van der Waals surface area contributed by atoms with Gasteiger partial charge in [-0.1, -0.05) is 35.0 Å². The third-order valence-electron chi connectivity index (χ3n) is 1.30. The largest absolute Gasteiger partial charge is 0.117 e. The zero-order valence-corrected chi connectivity index (χ0v) is 10.3. The van der Waals surface area contributed by atoms with E-state index in [1.807, 2.05) is 24.3 Å². The Bertz CT molecular complexity index is 367. The molecule has 0 saturated carbocycles. The second kappa shape index (κ2) is 4.24. The molecule has 13 heavy (non-hydrogen) atoms. The molecule has 0 radical (unpaired) electrons. The molecule has 0 aliphatic rings. The van der Waals surface area contributed by atoms with Crippen LogP contribution in [0.1, 0.15) is 0 Å². The summed E-state index contributed by atoms with van der Waals surface area (Å²) in [5.74, 6) is 0. The zero-order valence-electron chi connectivity index (χ0n) is 6.29. The summed E-state index contributed by atoms with van der Waals surface area (Å²) < 4.78 is 4.04. The quantitative estimate of drug-likeness (QED) is 0.714. The van der Waals surface area contributed by atoms with Gasteiger partial charge in [0.15, 0.2) is 0 Å². The van der Waals surface area contributed by atoms with Crippen LogP contribution in [0, 0.1) is 0 Å². The van der Waals surface area contributed by atoms with Crippen molar-refractivity contribution in [2.75, 3.05) is 0 Å². The van der Waals surface area contributed by atoms with Crippen LogP contribution >= 0.6 is 57.6 Å². The Hall–Kier alpha value is 0.330. The number of hydrogen-bond donors (Lipinski definition) is 0. The Morgan fingerprint density at radius 2 is 1.31 bits per heavy atom. The Labute approximate surface area is 98.5 Å². The molecule has 2 rings (SSSR count). The number of halogens is 2. The van der Waals surface area contributed by atoms with Gasteiger partial charge in [0.25, 0.3) is 0 Å². The molecule has 0 aromatic carbocycles. The van der Waals surface area contributed by atoms with Crippen LogP contribution in [-0.2, 0) is 0 Å². The van der Waals surface area contributed by atoms with Crippen LogP contribution in [-0.4, -0.2) is 0 Å². The van der Waals surface area contributed by atoms with E-state index in [1.165, 1.54) is 8.42 Å². The monoisotopic (exact) mass is 266 g/mol. The smallest absolute Gasteiger partial charge is 0.0940 e. The van der Waals surface area contributed by atoms with E-state index in [4.69, 9.17) is 23.2 Å². The van der Waals surface area contributed by atoms with Crippen LogP contribution in [0.25, 0.3) is 0 Å². The van der Waals surface area contributed by atoms with Gasteiger partial charge < -0.3 is 0 Å². The van der Waals surface area contributed by atoms with Crippen LogP contribution in [0.15, 0.2) is 32.7 Å². The summed E-state index contributed by atoms with van der Waals surface area (Å²) in [7, 11) is 0. The number of rotatable bonds is 2. The van der Waals surface area contributed by atoms with E-state index in [1.54, 1.807) is 34.4 Å².